The lowest BCUT2D eigenvalue weighted by Gasteiger charge is -2.09. The van der Waals surface area contributed by atoms with Crippen LogP contribution >= 0.6 is 11.8 Å². The minimum Gasteiger partial charge on any atom is -0.392 e. The van der Waals surface area contributed by atoms with Gasteiger partial charge in [-0.15, -0.1) is 0 Å². The van der Waals surface area contributed by atoms with Crippen molar-refractivity contribution in [3.05, 3.63) is 0 Å². The van der Waals surface area contributed by atoms with Crippen LogP contribution in [-0.4, -0.2) is 22.7 Å². The summed E-state index contributed by atoms with van der Waals surface area (Å²) in [5, 5.41) is 9.80. The van der Waals surface area contributed by atoms with Gasteiger partial charge < -0.3 is 5.11 Å². The molecule has 110 valence electrons. The van der Waals surface area contributed by atoms with Crippen LogP contribution < -0.4 is 0 Å². The topological polar surface area (TPSA) is 20.2 Å². The maximum absolute atomic E-state index is 9.80. The summed E-state index contributed by atoms with van der Waals surface area (Å²) in [6, 6.07) is 0. The first-order valence-corrected chi connectivity index (χ1v) is 9.22. The molecule has 1 N–H and O–H groups in total. The Balaban J connectivity index is 3.08. The van der Waals surface area contributed by atoms with Crippen molar-refractivity contribution in [2.24, 2.45) is 0 Å². The SMILES string of the molecule is CCCCCCCCSCC(O)CCCCCC. The zero-order valence-corrected chi connectivity index (χ0v) is 13.4. The lowest BCUT2D eigenvalue weighted by atomic mass is 10.1. The second kappa shape index (κ2) is 15.4. The number of aliphatic hydroxyl groups excluding tert-OH is 1. The van der Waals surface area contributed by atoms with Crippen LogP contribution in [0, 0.1) is 0 Å². The summed E-state index contributed by atoms with van der Waals surface area (Å²) < 4.78 is 0. The van der Waals surface area contributed by atoms with E-state index in [4.69, 9.17) is 0 Å². The van der Waals surface area contributed by atoms with E-state index in [2.05, 4.69) is 13.8 Å². The average Bonchev–Trinajstić information content (AvgIpc) is 2.38. The van der Waals surface area contributed by atoms with E-state index in [0.29, 0.717) is 0 Å². The van der Waals surface area contributed by atoms with Gasteiger partial charge >= 0.3 is 0 Å². The van der Waals surface area contributed by atoms with Crippen molar-refractivity contribution in [3.8, 4) is 0 Å². The molecule has 0 saturated carbocycles. The fourth-order valence-corrected chi connectivity index (χ4v) is 3.11. The lowest BCUT2D eigenvalue weighted by Crippen LogP contribution is -2.10. The van der Waals surface area contributed by atoms with E-state index in [0.717, 1.165) is 12.2 Å². The molecule has 1 nitrogen and oxygen atoms in total. The minimum atomic E-state index is -0.0630. The van der Waals surface area contributed by atoms with Gasteiger partial charge in [0.1, 0.15) is 0 Å². The summed E-state index contributed by atoms with van der Waals surface area (Å²) in [6.07, 6.45) is 14.3. The summed E-state index contributed by atoms with van der Waals surface area (Å²) in [7, 11) is 0. The number of thioether (sulfide) groups is 1. The van der Waals surface area contributed by atoms with E-state index >= 15 is 0 Å². The fourth-order valence-electron chi connectivity index (χ4n) is 2.09. The Bertz CT molecular complexity index is 150. The van der Waals surface area contributed by atoms with E-state index in [9.17, 15) is 5.11 Å². The van der Waals surface area contributed by atoms with E-state index in [1.807, 2.05) is 11.8 Å². The van der Waals surface area contributed by atoms with Crippen molar-refractivity contribution in [1.29, 1.82) is 0 Å². The maximum atomic E-state index is 9.80. The van der Waals surface area contributed by atoms with Gasteiger partial charge in [0.05, 0.1) is 6.10 Å². The van der Waals surface area contributed by atoms with Gasteiger partial charge in [-0.3, -0.25) is 0 Å². The van der Waals surface area contributed by atoms with Crippen molar-refractivity contribution in [2.45, 2.75) is 90.6 Å². The van der Waals surface area contributed by atoms with Gasteiger partial charge in [0.2, 0.25) is 0 Å². The number of hydrogen-bond donors (Lipinski definition) is 1. The fraction of sp³-hybridized carbons (Fsp3) is 1.00. The van der Waals surface area contributed by atoms with Gasteiger partial charge in [0.25, 0.3) is 0 Å². The van der Waals surface area contributed by atoms with Crippen LogP contribution in [0.1, 0.15) is 84.5 Å². The first-order chi connectivity index (χ1) is 8.81. The third kappa shape index (κ3) is 14.4. The Hall–Kier alpha value is 0.310. The molecule has 0 bridgehead atoms. The van der Waals surface area contributed by atoms with Crippen LogP contribution in [-0.2, 0) is 0 Å². The Kier molecular flexibility index (Phi) is 15.6. The van der Waals surface area contributed by atoms with Gasteiger partial charge in [-0.2, -0.15) is 11.8 Å². The highest BCUT2D eigenvalue weighted by molar-refractivity contribution is 7.99. The molecule has 0 spiro atoms. The second-order valence-corrected chi connectivity index (χ2v) is 6.50. The van der Waals surface area contributed by atoms with E-state index in [1.54, 1.807) is 0 Å². The largest absolute Gasteiger partial charge is 0.392 e. The normalized spacial score (nSPS) is 12.8. The number of aliphatic hydroxyl groups is 1. The quantitative estimate of drug-likeness (QED) is 0.427. The van der Waals surface area contributed by atoms with Gasteiger partial charge in [-0.1, -0.05) is 71.6 Å². The molecule has 0 aromatic rings. The zero-order chi connectivity index (χ0) is 13.5. The minimum absolute atomic E-state index is 0.0630. The Labute approximate surface area is 119 Å². The van der Waals surface area contributed by atoms with E-state index in [1.165, 1.54) is 70.0 Å². The molecular weight excluding hydrogens is 240 g/mol. The highest BCUT2D eigenvalue weighted by Crippen LogP contribution is 2.13. The molecule has 0 aliphatic carbocycles. The summed E-state index contributed by atoms with van der Waals surface area (Å²) in [5.41, 5.74) is 0. The Morgan fingerprint density at radius 3 is 2.00 bits per heavy atom. The van der Waals surface area contributed by atoms with Crippen LogP contribution in [0.15, 0.2) is 0 Å². The predicted octanol–water partition coefficient (Wildman–Crippen LogP) is 5.41. The lowest BCUT2D eigenvalue weighted by molar-refractivity contribution is 0.185. The zero-order valence-electron chi connectivity index (χ0n) is 12.6. The van der Waals surface area contributed by atoms with E-state index < -0.39 is 0 Å². The molecule has 0 saturated heterocycles. The molecule has 0 radical (unpaired) electrons. The van der Waals surface area contributed by atoms with Crippen molar-refractivity contribution in [3.63, 3.8) is 0 Å². The molecule has 0 aromatic heterocycles. The third-order valence-corrected chi connectivity index (χ3v) is 4.54. The standard InChI is InChI=1S/C16H34OS/c1-3-5-7-9-10-12-14-18-15-16(17)13-11-8-6-4-2/h16-17H,3-15H2,1-2H3. The summed E-state index contributed by atoms with van der Waals surface area (Å²) in [4.78, 5) is 0. The molecule has 1 atom stereocenters. The van der Waals surface area contributed by atoms with Crippen molar-refractivity contribution in [2.75, 3.05) is 11.5 Å². The van der Waals surface area contributed by atoms with Crippen molar-refractivity contribution >= 4 is 11.8 Å². The van der Waals surface area contributed by atoms with Crippen molar-refractivity contribution < 1.29 is 5.11 Å². The second-order valence-electron chi connectivity index (χ2n) is 5.35. The average molecular weight is 275 g/mol. The molecular formula is C16H34OS. The first kappa shape index (κ1) is 18.3. The van der Waals surface area contributed by atoms with Gasteiger partial charge in [0.15, 0.2) is 0 Å². The first-order valence-electron chi connectivity index (χ1n) is 8.07. The molecule has 1 unspecified atom stereocenters. The molecule has 0 aromatic carbocycles. The highest BCUT2D eigenvalue weighted by Gasteiger charge is 2.03. The smallest absolute Gasteiger partial charge is 0.0630 e. The van der Waals surface area contributed by atoms with Crippen LogP contribution in [0.4, 0.5) is 0 Å². The van der Waals surface area contributed by atoms with E-state index in [-0.39, 0.29) is 6.10 Å². The number of unbranched alkanes of at least 4 members (excludes halogenated alkanes) is 8. The maximum Gasteiger partial charge on any atom is 0.0630 e. The predicted molar refractivity (Wildman–Crippen MR) is 85.5 cm³/mol. The molecule has 0 fully saturated rings. The Morgan fingerprint density at radius 1 is 0.778 bits per heavy atom. The van der Waals surface area contributed by atoms with Crippen LogP contribution in [0.25, 0.3) is 0 Å². The Morgan fingerprint density at radius 2 is 1.33 bits per heavy atom. The molecule has 0 aliphatic heterocycles. The molecule has 0 rings (SSSR count). The monoisotopic (exact) mass is 274 g/mol. The summed E-state index contributed by atoms with van der Waals surface area (Å²) in [5.74, 6) is 2.18. The van der Waals surface area contributed by atoms with Crippen molar-refractivity contribution in [1.82, 2.24) is 0 Å². The molecule has 0 heterocycles. The molecule has 2 heteroatoms. The van der Waals surface area contributed by atoms with Crippen LogP contribution in [0.3, 0.4) is 0 Å². The van der Waals surface area contributed by atoms with Gasteiger partial charge in [0, 0.05) is 5.75 Å². The number of hydrogen-bond acceptors (Lipinski definition) is 2. The molecule has 18 heavy (non-hydrogen) atoms. The highest BCUT2D eigenvalue weighted by atomic mass is 32.2. The third-order valence-electron chi connectivity index (χ3n) is 3.34. The number of rotatable bonds is 14. The van der Waals surface area contributed by atoms with Crippen LogP contribution in [0.2, 0.25) is 0 Å². The summed E-state index contributed by atoms with van der Waals surface area (Å²) in [6.45, 7) is 4.49. The molecule has 0 amide bonds. The van der Waals surface area contributed by atoms with Gasteiger partial charge in [-0.05, 0) is 18.6 Å². The summed E-state index contributed by atoms with van der Waals surface area (Å²) >= 11 is 1.94. The molecule has 0 aliphatic rings. The van der Waals surface area contributed by atoms with Crippen LogP contribution in [0.5, 0.6) is 0 Å². The van der Waals surface area contributed by atoms with Gasteiger partial charge in [-0.25, -0.2) is 0 Å².